The largest absolute Gasteiger partial charge is 0.488 e. The maximum atomic E-state index is 15.7. The molecule has 0 saturated carbocycles. The van der Waals surface area contributed by atoms with Crippen LogP contribution in [0.4, 0.5) is 17.6 Å². The first-order chi connectivity index (χ1) is 56.3. The van der Waals surface area contributed by atoms with Crippen LogP contribution in [0.2, 0.25) is 0 Å². The van der Waals surface area contributed by atoms with Gasteiger partial charge in [-0.15, -0.1) is 0 Å². The van der Waals surface area contributed by atoms with E-state index in [4.69, 9.17) is 15.3 Å². The average Bonchev–Trinajstić information content (AvgIpc) is 1.59. The molecule has 3 N–H and O–H groups in total. The predicted octanol–water partition coefficient (Wildman–Crippen LogP) is 26.4. The molecule has 8 nitrogen and oxygen atoms in total. The van der Waals surface area contributed by atoms with E-state index in [0.29, 0.717) is 27.7 Å². The van der Waals surface area contributed by atoms with Crippen LogP contribution in [0.25, 0.3) is 144 Å². The molecule has 0 aliphatic rings. The van der Waals surface area contributed by atoms with Crippen molar-refractivity contribution < 1.29 is 27.6 Å². The number of aromatic amines is 1. The zero-order valence-corrected chi connectivity index (χ0v) is 65.7. The van der Waals surface area contributed by atoms with Crippen molar-refractivity contribution in [2.24, 2.45) is 0 Å². The van der Waals surface area contributed by atoms with Crippen LogP contribution in [-0.2, 0) is 0 Å². The van der Waals surface area contributed by atoms with Gasteiger partial charge >= 0.3 is 7.12 Å². The van der Waals surface area contributed by atoms with Crippen LogP contribution in [0.5, 0.6) is 0 Å². The van der Waals surface area contributed by atoms with E-state index in [2.05, 4.69) is 292 Å². The molecular weight excluding hydrogens is 1630 g/mol. The first-order valence-corrected chi connectivity index (χ1v) is 38.9. The lowest BCUT2D eigenvalue weighted by molar-refractivity contribution is 0.425. The van der Waals surface area contributed by atoms with E-state index in [1.54, 1.807) is 109 Å². The van der Waals surface area contributed by atoms with Crippen molar-refractivity contribution in [1.82, 2.24) is 14.1 Å². The van der Waals surface area contributed by atoms with E-state index in [9.17, 15) is 19.3 Å². The fourth-order valence-corrected chi connectivity index (χ4v) is 17.0. The first-order valence-electron chi connectivity index (χ1n) is 36.5. The Morgan fingerprint density at radius 1 is 0.261 bits per heavy atom. The molecule has 19 rings (SSSR count). The molecule has 0 radical (unpaired) electrons. The van der Waals surface area contributed by atoms with E-state index in [1.165, 1.54) is 43.4 Å². The van der Waals surface area contributed by atoms with Gasteiger partial charge in [0.25, 0.3) is 0 Å². The van der Waals surface area contributed by atoms with E-state index >= 15 is 8.78 Å². The summed E-state index contributed by atoms with van der Waals surface area (Å²) >= 11 is 8.43. The van der Waals surface area contributed by atoms with Gasteiger partial charge in [0.15, 0.2) is 11.6 Å². The summed E-state index contributed by atoms with van der Waals surface area (Å²) in [4.78, 5) is 3.38. The van der Waals surface area contributed by atoms with Crippen molar-refractivity contribution >= 4 is 126 Å². The van der Waals surface area contributed by atoms with Gasteiger partial charge < -0.3 is 24.2 Å². The van der Waals surface area contributed by atoms with Crippen LogP contribution in [0, 0.1) is 57.3 Å². The van der Waals surface area contributed by atoms with E-state index in [1.807, 2.05) is 36.4 Å². The zero-order chi connectivity index (χ0) is 79.6. The van der Waals surface area contributed by atoms with Gasteiger partial charge in [-0.1, -0.05) is 322 Å². The molecule has 552 valence electrons. The van der Waals surface area contributed by atoms with Gasteiger partial charge in [0.05, 0.1) is 69.1 Å². The summed E-state index contributed by atoms with van der Waals surface area (Å²) in [5.41, 5.74) is 17.2. The minimum absolute atomic E-state index is 0.00733. The zero-order valence-electron chi connectivity index (χ0n) is 60.9. The van der Waals surface area contributed by atoms with Gasteiger partial charge in [-0.2, -0.15) is 15.8 Å². The molecule has 0 saturated heterocycles. The van der Waals surface area contributed by atoms with Gasteiger partial charge in [-0.3, -0.25) is 0 Å². The summed E-state index contributed by atoms with van der Waals surface area (Å²) in [6, 6.07) is 124. The molecule has 0 aliphatic heterocycles. The SMILES string of the molecule is N#Cc1c(-c2ccccc2)c(-n2c3ccccc3c3ccccc32)c(-c2ccccc2)c(-n2c3ccccc3c3ccccc32)c1-c1ccccc1.N#Cc1c(-c2ccccc2)c(F)c(-c2ccccc2)c(F)c1-c1ccccc1.N#Cc1c(Br)c(F)c(Br)c(F)c1Br.OB(O)c1ccccc1.c1ccc2c(c1)[nH]c1ccccc12. The third kappa shape index (κ3) is 15.1. The van der Waals surface area contributed by atoms with Gasteiger partial charge in [0, 0.05) is 71.2 Å². The van der Waals surface area contributed by atoms with Gasteiger partial charge in [0.2, 0.25) is 0 Å². The fourth-order valence-electron chi connectivity index (χ4n) is 14.8. The average molecular weight is 1690 g/mol. The van der Waals surface area contributed by atoms with Gasteiger partial charge in [-0.05, 0) is 123 Å². The summed E-state index contributed by atoms with van der Waals surface area (Å²) in [6.45, 7) is 0. The third-order valence-corrected chi connectivity index (χ3v) is 22.0. The lowest BCUT2D eigenvalue weighted by Gasteiger charge is -2.28. The van der Waals surface area contributed by atoms with E-state index in [-0.39, 0.29) is 41.2 Å². The van der Waals surface area contributed by atoms with Crippen LogP contribution >= 0.6 is 47.8 Å². The highest BCUT2D eigenvalue weighted by molar-refractivity contribution is 9.11. The summed E-state index contributed by atoms with van der Waals surface area (Å²) in [5.74, 6) is -3.10. The molecule has 3 heterocycles. The van der Waals surface area contributed by atoms with Crippen LogP contribution in [0.1, 0.15) is 16.7 Å². The number of hydrogen-bond donors (Lipinski definition) is 3. The Balaban J connectivity index is 0.000000136. The number of aromatic nitrogens is 3. The highest BCUT2D eigenvalue weighted by atomic mass is 79.9. The molecule has 0 fully saturated rings. The lowest BCUT2D eigenvalue weighted by atomic mass is 9.81. The number of benzene rings is 16. The van der Waals surface area contributed by atoms with Crippen LogP contribution in [0.3, 0.4) is 0 Å². The third-order valence-electron chi connectivity index (χ3n) is 19.9. The Hall–Kier alpha value is -13.5. The number of para-hydroxylation sites is 6. The molecule has 16 heteroatoms. The number of H-pyrrole nitrogens is 1. The predicted molar refractivity (Wildman–Crippen MR) is 470 cm³/mol. The number of nitrogens with zero attached hydrogens (tertiary/aromatic N) is 5. The second-order valence-corrected chi connectivity index (χ2v) is 28.9. The summed E-state index contributed by atoms with van der Waals surface area (Å²) in [5, 5.41) is 54.5. The maximum Gasteiger partial charge on any atom is 0.488 e. The normalized spacial score (nSPS) is 10.8. The molecule has 19 aromatic rings. The summed E-state index contributed by atoms with van der Waals surface area (Å²) in [6.07, 6.45) is 0. The molecule has 0 spiro atoms. The van der Waals surface area contributed by atoms with Crippen molar-refractivity contribution in [3.8, 4) is 96.3 Å². The van der Waals surface area contributed by atoms with Crippen LogP contribution in [-0.4, -0.2) is 31.3 Å². The molecular formula is C99H62BBr3F4N6O2. The number of halogens is 7. The quantitative estimate of drug-likeness (QED) is 0.0572. The smallest absolute Gasteiger partial charge is 0.423 e. The lowest BCUT2D eigenvalue weighted by Crippen LogP contribution is -2.29. The van der Waals surface area contributed by atoms with Crippen molar-refractivity contribution in [1.29, 1.82) is 15.8 Å². The molecule has 0 bridgehead atoms. The number of hydrogen-bond acceptors (Lipinski definition) is 5. The molecule has 16 aromatic carbocycles. The Bertz CT molecular complexity index is 6510. The Labute approximate surface area is 685 Å². The minimum atomic E-state index is -1.34. The number of fused-ring (bicyclic) bond motifs is 9. The summed E-state index contributed by atoms with van der Waals surface area (Å²) < 4.78 is 61.9. The van der Waals surface area contributed by atoms with Crippen molar-refractivity contribution in [3.05, 3.63) is 411 Å². The number of rotatable bonds is 9. The molecule has 0 amide bonds. The van der Waals surface area contributed by atoms with Crippen molar-refractivity contribution in [2.75, 3.05) is 0 Å². The van der Waals surface area contributed by atoms with Crippen molar-refractivity contribution in [3.63, 3.8) is 0 Å². The van der Waals surface area contributed by atoms with Crippen LogP contribution in [0.15, 0.2) is 371 Å². The topological polar surface area (TPSA) is 137 Å². The molecule has 0 unspecified atom stereocenters. The van der Waals surface area contributed by atoms with Crippen molar-refractivity contribution in [2.45, 2.75) is 0 Å². The Morgan fingerprint density at radius 2 is 0.504 bits per heavy atom. The van der Waals surface area contributed by atoms with Gasteiger partial charge in [-0.25, -0.2) is 17.6 Å². The number of nitriles is 3. The molecule has 0 aliphatic carbocycles. The molecule has 3 aromatic heterocycles. The molecule has 115 heavy (non-hydrogen) atoms. The Kier molecular flexibility index (Phi) is 23.2. The standard InChI is InChI=1S/C49H31N3.C25H15F2N.C12H9N.C7Br3F2N.C6H7BO2/c50-32-40-45(33-18-4-1-5-19-33)48(51-41-28-14-10-24-36(41)37-25-11-15-29-42(37)51)47(35-22-8-3-9-23-35)49(46(40)34-20-6-2-7-21-34)52-43-30-16-12-26-38(43)39-27-13-17-31-44(39)52;26-24-21(17-10-4-1-5-11-17)20(16-28)22(18-12-6-2-7-13-18)25(27)23(24)19-14-8-3-9-15-19;1-3-7-11-9(5-1)10-6-2-4-8-12(10)13-11;8-3-2(1-13)4(9)7(12)5(10)6(3)11;8-7(9)6-4-2-1-3-5-6/h1-31H;1-15H;1-8,13H;;1-5,8-9H. The van der Waals surface area contributed by atoms with E-state index in [0.717, 1.165) is 66.8 Å². The summed E-state index contributed by atoms with van der Waals surface area (Å²) in [7, 11) is -1.34. The highest BCUT2D eigenvalue weighted by Crippen LogP contribution is 2.53. The second kappa shape index (κ2) is 34.7. The minimum Gasteiger partial charge on any atom is -0.423 e. The second-order valence-electron chi connectivity index (χ2n) is 26.5. The monoisotopic (exact) mass is 1690 g/mol. The first kappa shape index (κ1) is 76.9. The number of nitrogens with one attached hydrogen (secondary N) is 1. The maximum absolute atomic E-state index is 15.7. The Morgan fingerprint density at radius 3 is 0.800 bits per heavy atom. The fraction of sp³-hybridized carbons (Fsp3) is 0. The van der Waals surface area contributed by atoms with E-state index < -0.39 is 30.4 Å². The van der Waals surface area contributed by atoms with Crippen LogP contribution < -0.4 is 5.46 Å². The molecule has 0 atom stereocenters. The highest BCUT2D eigenvalue weighted by Gasteiger charge is 2.33. The van der Waals surface area contributed by atoms with Gasteiger partial charge in [0.1, 0.15) is 29.8 Å².